The number of hydrogen-bond acceptors (Lipinski definition) is 3. The Morgan fingerprint density at radius 2 is 2.00 bits per heavy atom. The lowest BCUT2D eigenvalue weighted by molar-refractivity contribution is 0.0918. The van der Waals surface area contributed by atoms with Crippen molar-refractivity contribution in [2.24, 2.45) is 0 Å². The van der Waals surface area contributed by atoms with Crippen LogP contribution in [0.15, 0.2) is 29.2 Å². The molecule has 1 heterocycles. The van der Waals surface area contributed by atoms with Crippen molar-refractivity contribution in [1.82, 2.24) is 9.88 Å². The van der Waals surface area contributed by atoms with Gasteiger partial charge in [-0.2, -0.15) is 0 Å². The van der Waals surface area contributed by atoms with Crippen molar-refractivity contribution in [2.75, 3.05) is 5.73 Å². The smallest absolute Gasteiger partial charge is 0.257 e. The third-order valence-corrected chi connectivity index (χ3v) is 3.77. The fraction of sp³-hybridized carbons (Fsp3) is 0.412. The van der Waals surface area contributed by atoms with Gasteiger partial charge in [0.15, 0.2) is 0 Å². The van der Waals surface area contributed by atoms with Crippen LogP contribution in [-0.4, -0.2) is 16.0 Å². The highest BCUT2D eigenvalue weighted by Crippen LogP contribution is 2.37. The van der Waals surface area contributed by atoms with Crippen LogP contribution < -0.4 is 16.5 Å². The third-order valence-electron chi connectivity index (χ3n) is 3.77. The van der Waals surface area contributed by atoms with Gasteiger partial charge >= 0.3 is 0 Å². The van der Waals surface area contributed by atoms with E-state index in [1.54, 1.807) is 12.3 Å². The molecule has 2 aromatic rings. The monoisotopic (exact) mass is 299 g/mol. The molecule has 5 heteroatoms. The minimum atomic E-state index is -0.398. The zero-order valence-corrected chi connectivity index (χ0v) is 13.1. The van der Waals surface area contributed by atoms with Crippen LogP contribution in [0.1, 0.15) is 50.0 Å². The van der Waals surface area contributed by atoms with Gasteiger partial charge < -0.3 is 15.6 Å². The summed E-state index contributed by atoms with van der Waals surface area (Å²) in [6.07, 6.45) is 3.81. The van der Waals surface area contributed by atoms with E-state index < -0.39 is 5.54 Å². The SMILES string of the molecule is CC(C)(C)NC(=O)c1cn(C2CC2)c2cccc(N)c2c1=O. The summed E-state index contributed by atoms with van der Waals surface area (Å²) >= 11 is 0. The number of hydrogen-bond donors (Lipinski definition) is 2. The number of carbonyl (C=O) groups excluding carboxylic acids is 1. The first-order valence-corrected chi connectivity index (χ1v) is 7.54. The highest BCUT2D eigenvalue weighted by atomic mass is 16.2. The Labute approximate surface area is 129 Å². The number of benzene rings is 1. The fourth-order valence-corrected chi connectivity index (χ4v) is 2.65. The molecular weight excluding hydrogens is 278 g/mol. The number of nitrogens with two attached hydrogens (primary N) is 1. The molecule has 1 fully saturated rings. The second kappa shape index (κ2) is 4.87. The number of anilines is 1. The van der Waals surface area contributed by atoms with Gasteiger partial charge in [-0.25, -0.2) is 0 Å². The zero-order valence-electron chi connectivity index (χ0n) is 13.1. The van der Waals surface area contributed by atoms with E-state index in [1.807, 2.05) is 37.5 Å². The van der Waals surface area contributed by atoms with Gasteiger partial charge in [-0.15, -0.1) is 0 Å². The molecular formula is C17H21N3O2. The van der Waals surface area contributed by atoms with E-state index in [9.17, 15) is 9.59 Å². The topological polar surface area (TPSA) is 77.1 Å². The van der Waals surface area contributed by atoms with Crippen molar-refractivity contribution in [3.8, 4) is 0 Å². The van der Waals surface area contributed by atoms with Crippen molar-refractivity contribution in [2.45, 2.75) is 45.2 Å². The lowest BCUT2D eigenvalue weighted by Gasteiger charge is -2.21. The Morgan fingerprint density at radius 3 is 2.59 bits per heavy atom. The summed E-state index contributed by atoms with van der Waals surface area (Å²) in [6.45, 7) is 5.67. The number of nitrogens with one attached hydrogen (secondary N) is 1. The number of nitrogens with zero attached hydrogens (tertiary/aromatic N) is 1. The summed E-state index contributed by atoms with van der Waals surface area (Å²) in [5.74, 6) is -0.350. The molecule has 0 saturated heterocycles. The van der Waals surface area contributed by atoms with Gasteiger partial charge in [-0.1, -0.05) is 6.07 Å². The molecule has 1 saturated carbocycles. The number of nitrogen functional groups attached to an aromatic ring is 1. The lowest BCUT2D eigenvalue weighted by Crippen LogP contribution is -2.42. The molecule has 5 nitrogen and oxygen atoms in total. The molecule has 1 amide bonds. The average molecular weight is 299 g/mol. The van der Waals surface area contributed by atoms with Crippen molar-refractivity contribution >= 4 is 22.5 Å². The molecule has 0 spiro atoms. The maximum absolute atomic E-state index is 12.7. The number of rotatable bonds is 2. The van der Waals surface area contributed by atoms with Gasteiger partial charge in [0.2, 0.25) is 5.43 Å². The Morgan fingerprint density at radius 1 is 1.32 bits per heavy atom. The molecule has 22 heavy (non-hydrogen) atoms. The van der Waals surface area contributed by atoms with Crippen LogP contribution >= 0.6 is 0 Å². The fourth-order valence-electron chi connectivity index (χ4n) is 2.65. The van der Waals surface area contributed by atoms with Gasteiger partial charge in [0.1, 0.15) is 5.56 Å². The zero-order chi connectivity index (χ0) is 16.1. The number of fused-ring (bicyclic) bond motifs is 1. The first-order valence-electron chi connectivity index (χ1n) is 7.54. The van der Waals surface area contributed by atoms with E-state index in [-0.39, 0.29) is 16.9 Å². The van der Waals surface area contributed by atoms with Gasteiger partial charge in [-0.3, -0.25) is 9.59 Å². The molecule has 1 aromatic heterocycles. The molecule has 3 N–H and O–H groups in total. The summed E-state index contributed by atoms with van der Waals surface area (Å²) < 4.78 is 2.02. The Hall–Kier alpha value is -2.30. The predicted molar refractivity (Wildman–Crippen MR) is 88.1 cm³/mol. The second-order valence-electron chi connectivity index (χ2n) is 6.96. The van der Waals surface area contributed by atoms with Crippen molar-refractivity contribution in [1.29, 1.82) is 0 Å². The molecule has 0 unspecified atom stereocenters. The van der Waals surface area contributed by atoms with Gasteiger partial charge in [0.05, 0.1) is 10.9 Å². The Kier molecular flexibility index (Phi) is 3.24. The Bertz CT molecular complexity index is 811. The van der Waals surface area contributed by atoms with Gasteiger partial charge in [0.25, 0.3) is 5.91 Å². The summed E-state index contributed by atoms with van der Waals surface area (Å²) in [4.78, 5) is 25.2. The van der Waals surface area contributed by atoms with Crippen LogP contribution in [0.4, 0.5) is 5.69 Å². The first-order chi connectivity index (χ1) is 10.3. The van der Waals surface area contributed by atoms with Crippen LogP contribution in [0.25, 0.3) is 10.9 Å². The van der Waals surface area contributed by atoms with E-state index in [1.165, 1.54) is 0 Å². The molecule has 0 bridgehead atoms. The Balaban J connectivity index is 2.23. The minimum absolute atomic E-state index is 0.159. The summed E-state index contributed by atoms with van der Waals surface area (Å²) in [6, 6.07) is 5.78. The van der Waals surface area contributed by atoms with E-state index >= 15 is 0 Å². The lowest BCUT2D eigenvalue weighted by atomic mass is 10.1. The molecule has 0 aliphatic heterocycles. The summed E-state index contributed by atoms with van der Waals surface area (Å²) in [5, 5.41) is 3.29. The first kappa shape index (κ1) is 14.6. The van der Waals surface area contributed by atoms with E-state index in [0.29, 0.717) is 17.1 Å². The molecule has 0 radical (unpaired) electrons. The van der Waals surface area contributed by atoms with E-state index in [4.69, 9.17) is 5.73 Å². The van der Waals surface area contributed by atoms with E-state index in [0.717, 1.165) is 18.4 Å². The highest BCUT2D eigenvalue weighted by molar-refractivity contribution is 6.00. The molecule has 3 rings (SSSR count). The maximum Gasteiger partial charge on any atom is 0.257 e. The molecule has 116 valence electrons. The predicted octanol–water partition coefficient (Wildman–Crippen LogP) is 2.45. The summed E-state index contributed by atoms with van der Waals surface area (Å²) in [5.41, 5.74) is 6.68. The van der Waals surface area contributed by atoms with Gasteiger partial charge in [-0.05, 0) is 45.7 Å². The van der Waals surface area contributed by atoms with Crippen LogP contribution in [0, 0.1) is 0 Å². The van der Waals surface area contributed by atoms with Crippen LogP contribution in [0.3, 0.4) is 0 Å². The van der Waals surface area contributed by atoms with Crippen LogP contribution in [-0.2, 0) is 0 Å². The number of amides is 1. The van der Waals surface area contributed by atoms with E-state index in [2.05, 4.69) is 5.32 Å². The largest absolute Gasteiger partial charge is 0.398 e. The molecule has 0 atom stereocenters. The number of aromatic nitrogens is 1. The minimum Gasteiger partial charge on any atom is -0.398 e. The van der Waals surface area contributed by atoms with Crippen molar-refractivity contribution < 1.29 is 4.79 Å². The number of pyridine rings is 1. The summed E-state index contributed by atoms with van der Waals surface area (Å²) in [7, 11) is 0. The van der Waals surface area contributed by atoms with Crippen molar-refractivity contribution in [3.63, 3.8) is 0 Å². The van der Waals surface area contributed by atoms with Crippen molar-refractivity contribution in [3.05, 3.63) is 40.2 Å². The standard InChI is InChI=1S/C17H21N3O2/c1-17(2,3)19-16(22)11-9-20(10-7-8-10)13-6-4-5-12(18)14(13)15(11)21/h4-6,9-10H,7-8,18H2,1-3H3,(H,19,22). The molecule has 1 aliphatic carbocycles. The normalized spacial score (nSPS) is 15.0. The quantitative estimate of drug-likeness (QED) is 0.836. The molecule has 1 aromatic carbocycles. The average Bonchev–Trinajstić information content (AvgIpc) is 3.21. The van der Waals surface area contributed by atoms with Gasteiger partial charge in [0, 0.05) is 23.5 Å². The number of carbonyl (C=O) groups is 1. The van der Waals surface area contributed by atoms with Crippen LogP contribution in [0.2, 0.25) is 0 Å². The maximum atomic E-state index is 12.7. The highest BCUT2D eigenvalue weighted by Gasteiger charge is 2.28. The second-order valence-corrected chi connectivity index (χ2v) is 6.96. The van der Waals surface area contributed by atoms with Crippen LogP contribution in [0.5, 0.6) is 0 Å². The third kappa shape index (κ3) is 2.58. The molecule has 1 aliphatic rings.